The number of nitriles is 1. The van der Waals surface area contributed by atoms with Crippen LogP contribution in [0.15, 0.2) is 67.0 Å². The minimum absolute atomic E-state index is 0.500. The molecule has 0 spiro atoms. The number of carbonyl (C=O) groups is 1. The first kappa shape index (κ1) is 21.3. The molecule has 0 aliphatic heterocycles. The maximum atomic E-state index is 10.7. The van der Waals surface area contributed by atoms with Gasteiger partial charge in [0.05, 0.1) is 33.9 Å². The van der Waals surface area contributed by atoms with E-state index in [0.717, 1.165) is 49.9 Å². The molecule has 1 N–H and O–H groups in total. The minimum Gasteiger partial charge on any atom is -0.313 e. The van der Waals surface area contributed by atoms with E-state index in [0.29, 0.717) is 12.2 Å². The van der Waals surface area contributed by atoms with Gasteiger partial charge in [0.1, 0.15) is 5.82 Å². The fourth-order valence-electron chi connectivity index (χ4n) is 4.09. The molecule has 3 heterocycles. The molecule has 0 bridgehead atoms. The summed E-state index contributed by atoms with van der Waals surface area (Å²) in [7, 11) is 0. The Morgan fingerprint density at radius 2 is 1.74 bits per heavy atom. The third kappa shape index (κ3) is 3.55. The second kappa shape index (κ2) is 8.09. The van der Waals surface area contributed by atoms with Crippen molar-refractivity contribution in [3.8, 4) is 22.9 Å². The van der Waals surface area contributed by atoms with Crippen molar-refractivity contribution in [2.75, 3.05) is 5.32 Å². The van der Waals surface area contributed by atoms with E-state index in [1.165, 1.54) is 0 Å². The Morgan fingerprint density at radius 1 is 0.971 bits per heavy atom. The normalized spacial score (nSPS) is 11.5. The van der Waals surface area contributed by atoms with Gasteiger partial charge in [-0.05, 0) is 68.3 Å². The molecule has 0 aliphatic carbocycles. The number of aryl methyl sites for hydroxylation is 1. The molecule has 0 aliphatic rings. The highest BCUT2D eigenvalue weighted by Gasteiger charge is 2.20. The van der Waals surface area contributed by atoms with Crippen LogP contribution in [-0.2, 0) is 10.2 Å². The lowest BCUT2D eigenvalue weighted by molar-refractivity contribution is -0.105. The van der Waals surface area contributed by atoms with Crippen molar-refractivity contribution in [2.45, 2.75) is 26.2 Å². The second-order valence-electron chi connectivity index (χ2n) is 8.73. The van der Waals surface area contributed by atoms with E-state index in [1.54, 1.807) is 12.3 Å². The van der Waals surface area contributed by atoms with E-state index in [1.807, 2.05) is 74.1 Å². The highest BCUT2D eigenvalue weighted by atomic mass is 16.1. The molecular formula is C27H22N6O. The molecule has 7 nitrogen and oxygen atoms in total. The van der Waals surface area contributed by atoms with E-state index in [4.69, 9.17) is 5.10 Å². The summed E-state index contributed by atoms with van der Waals surface area (Å²) < 4.78 is 1.94. The summed E-state index contributed by atoms with van der Waals surface area (Å²) in [6.45, 7) is 5.80. The van der Waals surface area contributed by atoms with E-state index in [2.05, 4.69) is 27.4 Å². The standard InChI is InChI=1S/C27H22N6O/c1-17-23-14-29-24-10-4-18(19-5-11-25(30-13-19)31-16-34)12-22(24)26(23)33(32-17)21-8-6-20(7-9-21)27(2,3)15-28/h4-14,16H,1-3H3,(H,30,31,34). The number of hydrogen-bond acceptors (Lipinski definition) is 5. The van der Waals surface area contributed by atoms with Crippen LogP contribution >= 0.6 is 0 Å². The smallest absolute Gasteiger partial charge is 0.212 e. The van der Waals surface area contributed by atoms with Crippen LogP contribution in [-0.4, -0.2) is 26.2 Å². The fraction of sp³-hybridized carbons (Fsp3) is 0.148. The molecule has 3 aromatic heterocycles. The lowest BCUT2D eigenvalue weighted by atomic mass is 9.86. The average molecular weight is 447 g/mol. The van der Waals surface area contributed by atoms with Gasteiger partial charge in [0, 0.05) is 28.7 Å². The Morgan fingerprint density at radius 3 is 2.41 bits per heavy atom. The first-order valence-corrected chi connectivity index (χ1v) is 10.9. The topological polar surface area (TPSA) is 96.5 Å². The van der Waals surface area contributed by atoms with E-state index in [9.17, 15) is 10.1 Å². The predicted octanol–water partition coefficient (Wildman–Crippen LogP) is 5.31. The lowest BCUT2D eigenvalue weighted by Crippen LogP contribution is -2.13. The highest BCUT2D eigenvalue weighted by Crippen LogP contribution is 2.32. The number of hydrogen-bond donors (Lipinski definition) is 1. The number of amides is 1. The molecule has 0 fully saturated rings. The molecule has 166 valence electrons. The molecule has 7 heteroatoms. The number of pyridine rings is 2. The first-order valence-electron chi connectivity index (χ1n) is 10.9. The first-order chi connectivity index (χ1) is 16.4. The third-order valence-electron chi connectivity index (χ3n) is 6.11. The van der Waals surface area contributed by atoms with E-state index >= 15 is 0 Å². The Hall–Kier alpha value is -4.57. The van der Waals surface area contributed by atoms with Gasteiger partial charge in [-0.15, -0.1) is 0 Å². The van der Waals surface area contributed by atoms with Crippen molar-refractivity contribution in [1.82, 2.24) is 19.7 Å². The van der Waals surface area contributed by atoms with Crippen LogP contribution in [0.4, 0.5) is 5.82 Å². The number of rotatable bonds is 5. The molecule has 0 atom stereocenters. The van der Waals surface area contributed by atoms with Crippen LogP contribution in [0.25, 0.3) is 38.6 Å². The van der Waals surface area contributed by atoms with Gasteiger partial charge >= 0.3 is 0 Å². The predicted molar refractivity (Wildman–Crippen MR) is 133 cm³/mol. The van der Waals surface area contributed by atoms with Crippen LogP contribution in [0.1, 0.15) is 25.1 Å². The zero-order valence-corrected chi connectivity index (χ0v) is 19.1. The van der Waals surface area contributed by atoms with Gasteiger partial charge in [-0.1, -0.05) is 18.2 Å². The van der Waals surface area contributed by atoms with Crippen molar-refractivity contribution in [2.24, 2.45) is 0 Å². The van der Waals surface area contributed by atoms with Crippen LogP contribution in [0, 0.1) is 18.3 Å². The van der Waals surface area contributed by atoms with E-state index in [-0.39, 0.29) is 0 Å². The summed E-state index contributed by atoms with van der Waals surface area (Å²) in [5.41, 5.74) is 5.97. The fourth-order valence-corrected chi connectivity index (χ4v) is 4.09. The SMILES string of the molecule is Cc1nn(-c2ccc(C(C)(C)C#N)cc2)c2c1cnc1ccc(-c3ccc(NC=O)nc3)cc12. The van der Waals surface area contributed by atoms with Crippen LogP contribution in [0.3, 0.4) is 0 Å². The second-order valence-corrected chi connectivity index (χ2v) is 8.73. The maximum Gasteiger partial charge on any atom is 0.212 e. The number of carbonyl (C=O) groups excluding carboxylic acids is 1. The summed E-state index contributed by atoms with van der Waals surface area (Å²) in [5, 5.41) is 18.8. The molecule has 34 heavy (non-hydrogen) atoms. The van der Waals surface area contributed by atoms with Gasteiger partial charge < -0.3 is 5.32 Å². The largest absolute Gasteiger partial charge is 0.313 e. The Balaban J connectivity index is 1.67. The van der Waals surface area contributed by atoms with Gasteiger partial charge in [0.15, 0.2) is 0 Å². The summed E-state index contributed by atoms with van der Waals surface area (Å²) in [6, 6.07) is 20.1. The van der Waals surface area contributed by atoms with Gasteiger partial charge in [-0.2, -0.15) is 10.4 Å². The minimum atomic E-state index is -0.559. The van der Waals surface area contributed by atoms with Gasteiger partial charge in [0.25, 0.3) is 0 Å². The molecule has 0 saturated heterocycles. The summed E-state index contributed by atoms with van der Waals surface area (Å²) >= 11 is 0. The van der Waals surface area contributed by atoms with Crippen molar-refractivity contribution in [3.63, 3.8) is 0 Å². The Bertz CT molecular complexity index is 1570. The van der Waals surface area contributed by atoms with Crippen LogP contribution in [0.5, 0.6) is 0 Å². The van der Waals surface area contributed by atoms with Gasteiger partial charge in [-0.3, -0.25) is 9.78 Å². The van der Waals surface area contributed by atoms with E-state index < -0.39 is 5.41 Å². The van der Waals surface area contributed by atoms with Gasteiger partial charge in [-0.25, -0.2) is 9.67 Å². The summed E-state index contributed by atoms with van der Waals surface area (Å²) in [5.74, 6) is 0.500. The third-order valence-corrected chi connectivity index (χ3v) is 6.11. The molecule has 5 rings (SSSR count). The zero-order chi connectivity index (χ0) is 23.9. The van der Waals surface area contributed by atoms with Crippen LogP contribution < -0.4 is 5.32 Å². The lowest BCUT2D eigenvalue weighted by Gasteiger charge is -2.16. The van der Waals surface area contributed by atoms with Crippen molar-refractivity contribution in [1.29, 1.82) is 5.26 Å². The summed E-state index contributed by atoms with van der Waals surface area (Å²) in [4.78, 5) is 19.6. The van der Waals surface area contributed by atoms with Crippen molar-refractivity contribution < 1.29 is 4.79 Å². The number of benzene rings is 2. The van der Waals surface area contributed by atoms with Crippen LogP contribution in [0.2, 0.25) is 0 Å². The molecule has 5 aromatic rings. The Kier molecular flexibility index (Phi) is 5.06. The quantitative estimate of drug-likeness (QED) is 0.369. The summed E-state index contributed by atoms with van der Waals surface area (Å²) in [6.07, 6.45) is 4.21. The highest BCUT2D eigenvalue weighted by molar-refractivity contribution is 6.06. The van der Waals surface area contributed by atoms with Gasteiger partial charge in [0.2, 0.25) is 6.41 Å². The molecule has 0 saturated carbocycles. The number of nitrogens with one attached hydrogen (secondary N) is 1. The van der Waals surface area contributed by atoms with Crippen molar-refractivity contribution in [3.05, 3.63) is 78.2 Å². The molecule has 0 radical (unpaired) electrons. The number of aromatic nitrogens is 4. The number of anilines is 1. The molecule has 2 aromatic carbocycles. The number of nitrogens with zero attached hydrogens (tertiary/aromatic N) is 5. The molecular weight excluding hydrogens is 424 g/mol. The van der Waals surface area contributed by atoms with Crippen molar-refractivity contribution >= 4 is 34.0 Å². The zero-order valence-electron chi connectivity index (χ0n) is 19.1. The maximum absolute atomic E-state index is 10.7. The molecule has 1 amide bonds. The molecule has 0 unspecified atom stereocenters. The average Bonchev–Trinajstić information content (AvgIpc) is 3.21. The number of fused-ring (bicyclic) bond motifs is 3. The Labute approximate surface area is 196 Å². The monoisotopic (exact) mass is 446 g/mol.